The number of thiocarbonyl (C=S) groups is 1. The number of anilines is 1. The molecule has 0 unspecified atom stereocenters. The summed E-state index contributed by atoms with van der Waals surface area (Å²) in [5.74, 6) is 0.193. The highest BCUT2D eigenvalue weighted by Crippen LogP contribution is 2.26. The Bertz CT molecular complexity index is 796. The number of aromatic nitrogens is 1. The first kappa shape index (κ1) is 15.7. The number of rotatable bonds is 4. The summed E-state index contributed by atoms with van der Waals surface area (Å²) in [5, 5.41) is 3.98. The molecule has 2 rings (SSSR count). The van der Waals surface area contributed by atoms with Crippen LogP contribution in [0.1, 0.15) is 17.0 Å². The van der Waals surface area contributed by atoms with Gasteiger partial charge in [0.25, 0.3) is 10.0 Å². The zero-order valence-corrected chi connectivity index (χ0v) is 13.6. The summed E-state index contributed by atoms with van der Waals surface area (Å²) in [4.78, 5) is 0.0412. The molecule has 1 aromatic carbocycles. The van der Waals surface area contributed by atoms with Crippen molar-refractivity contribution in [1.29, 1.82) is 0 Å². The van der Waals surface area contributed by atoms with Crippen LogP contribution < -0.4 is 10.5 Å². The summed E-state index contributed by atoms with van der Waals surface area (Å²) in [6.45, 7) is 3.05. The maximum atomic E-state index is 12.5. The summed E-state index contributed by atoms with van der Waals surface area (Å²) in [7, 11) is -3.88. The molecular weight excluding hydrogens is 334 g/mol. The minimum absolute atomic E-state index is 0.0173. The molecule has 1 heterocycles. The molecule has 0 spiro atoms. The fourth-order valence-electron chi connectivity index (χ4n) is 1.87. The van der Waals surface area contributed by atoms with Gasteiger partial charge in [-0.05, 0) is 32.0 Å². The lowest BCUT2D eigenvalue weighted by Gasteiger charge is -2.12. The molecule has 0 aliphatic carbocycles. The minimum atomic E-state index is -3.88. The number of hydrogen-bond donors (Lipinski definition) is 2. The molecule has 3 N–H and O–H groups in total. The Morgan fingerprint density at radius 3 is 2.62 bits per heavy atom. The molecule has 0 aliphatic heterocycles. The van der Waals surface area contributed by atoms with E-state index in [1.807, 2.05) is 0 Å². The molecule has 112 valence electrons. The number of benzene rings is 1. The monoisotopic (exact) mass is 345 g/mol. The first-order valence-electron chi connectivity index (χ1n) is 5.77. The molecule has 6 nitrogen and oxygen atoms in total. The molecule has 0 fully saturated rings. The van der Waals surface area contributed by atoms with Crippen LogP contribution in [-0.4, -0.2) is 18.6 Å². The third-order valence-corrected chi connectivity index (χ3v) is 4.79. The smallest absolute Gasteiger partial charge is 0.267 e. The standard InChI is InChI=1S/C12H12ClN3O3S2/c1-6-11(7(2)19-15-6)21(17,18)16-10-5-8(13)3-4-9(10)12(14)20/h3-5,16H,1-2H3,(H2,14,20). The van der Waals surface area contributed by atoms with Crippen molar-refractivity contribution in [2.24, 2.45) is 5.73 Å². The molecule has 0 atom stereocenters. The van der Waals surface area contributed by atoms with Gasteiger partial charge in [0, 0.05) is 10.6 Å². The first-order chi connectivity index (χ1) is 9.72. The highest BCUT2D eigenvalue weighted by molar-refractivity contribution is 7.92. The highest BCUT2D eigenvalue weighted by atomic mass is 35.5. The second-order valence-corrected chi connectivity index (χ2v) is 6.81. The van der Waals surface area contributed by atoms with Gasteiger partial charge in [0.05, 0.1) is 5.69 Å². The number of nitrogens with two attached hydrogens (primary N) is 1. The van der Waals surface area contributed by atoms with Crippen molar-refractivity contribution in [3.63, 3.8) is 0 Å². The van der Waals surface area contributed by atoms with E-state index in [0.29, 0.717) is 10.6 Å². The maximum absolute atomic E-state index is 12.5. The van der Waals surface area contributed by atoms with Crippen LogP contribution in [0.15, 0.2) is 27.6 Å². The van der Waals surface area contributed by atoms with E-state index in [0.717, 1.165) is 0 Å². The number of aryl methyl sites for hydroxylation is 2. The Balaban J connectivity index is 2.51. The largest absolute Gasteiger partial charge is 0.389 e. The summed E-state index contributed by atoms with van der Waals surface area (Å²) >= 11 is 10.8. The van der Waals surface area contributed by atoms with Gasteiger partial charge in [0.2, 0.25) is 0 Å². The molecule has 0 saturated heterocycles. The lowest BCUT2D eigenvalue weighted by atomic mass is 10.2. The minimum Gasteiger partial charge on any atom is -0.389 e. The molecule has 0 saturated carbocycles. The molecule has 9 heteroatoms. The van der Waals surface area contributed by atoms with Crippen LogP contribution in [0.2, 0.25) is 5.02 Å². The number of sulfonamides is 1. The van der Waals surface area contributed by atoms with Crippen molar-refractivity contribution in [3.8, 4) is 0 Å². The van der Waals surface area contributed by atoms with E-state index < -0.39 is 10.0 Å². The third-order valence-electron chi connectivity index (χ3n) is 2.73. The van der Waals surface area contributed by atoms with E-state index in [1.54, 1.807) is 12.1 Å². The fourth-order valence-corrected chi connectivity index (χ4v) is 3.62. The fraction of sp³-hybridized carbons (Fsp3) is 0.167. The van der Waals surface area contributed by atoms with E-state index in [4.69, 9.17) is 34.1 Å². The van der Waals surface area contributed by atoms with Crippen LogP contribution in [0.5, 0.6) is 0 Å². The van der Waals surface area contributed by atoms with Gasteiger partial charge in [-0.25, -0.2) is 8.42 Å². The highest BCUT2D eigenvalue weighted by Gasteiger charge is 2.25. The van der Waals surface area contributed by atoms with Crippen LogP contribution in [0.3, 0.4) is 0 Å². The molecule has 2 aromatic rings. The molecule has 21 heavy (non-hydrogen) atoms. The van der Waals surface area contributed by atoms with Crippen molar-refractivity contribution in [1.82, 2.24) is 5.16 Å². The summed E-state index contributed by atoms with van der Waals surface area (Å²) in [6, 6.07) is 4.56. The molecule has 1 aromatic heterocycles. The van der Waals surface area contributed by atoms with E-state index in [1.165, 1.54) is 19.9 Å². The van der Waals surface area contributed by atoms with E-state index in [-0.39, 0.29) is 27.0 Å². The molecule has 0 aliphatic rings. The van der Waals surface area contributed by atoms with Crippen LogP contribution in [-0.2, 0) is 10.0 Å². The first-order valence-corrected chi connectivity index (χ1v) is 8.04. The average molecular weight is 346 g/mol. The average Bonchev–Trinajstić information content (AvgIpc) is 2.68. The van der Waals surface area contributed by atoms with Crippen molar-refractivity contribution in [2.75, 3.05) is 4.72 Å². The predicted molar refractivity (Wildman–Crippen MR) is 84.1 cm³/mol. The van der Waals surface area contributed by atoms with E-state index >= 15 is 0 Å². The lowest BCUT2D eigenvalue weighted by Crippen LogP contribution is -2.19. The second kappa shape index (κ2) is 5.63. The number of hydrogen-bond acceptors (Lipinski definition) is 5. The summed E-state index contributed by atoms with van der Waals surface area (Å²) in [5.41, 5.74) is 6.43. The number of nitrogens with one attached hydrogen (secondary N) is 1. The van der Waals surface area contributed by atoms with Gasteiger partial charge in [-0.3, -0.25) is 4.72 Å². The molecule has 0 radical (unpaired) electrons. The van der Waals surface area contributed by atoms with Gasteiger partial charge in [-0.15, -0.1) is 0 Å². The topological polar surface area (TPSA) is 98.2 Å². The molecular formula is C12H12ClN3O3S2. The van der Waals surface area contributed by atoms with Gasteiger partial charge in [0.15, 0.2) is 10.7 Å². The van der Waals surface area contributed by atoms with Crippen LogP contribution in [0.25, 0.3) is 0 Å². The van der Waals surface area contributed by atoms with Crippen molar-refractivity contribution < 1.29 is 12.9 Å². The number of nitrogens with zero attached hydrogens (tertiary/aromatic N) is 1. The van der Waals surface area contributed by atoms with Crippen molar-refractivity contribution >= 4 is 44.5 Å². The Hall–Kier alpha value is -1.64. The van der Waals surface area contributed by atoms with Crippen molar-refractivity contribution in [3.05, 3.63) is 40.2 Å². The Labute approximate surface area is 132 Å². The summed E-state index contributed by atoms with van der Waals surface area (Å²) in [6.07, 6.45) is 0. The van der Waals surface area contributed by atoms with Crippen LogP contribution >= 0.6 is 23.8 Å². The predicted octanol–water partition coefficient (Wildman–Crippen LogP) is 2.38. The van der Waals surface area contributed by atoms with Crippen LogP contribution in [0.4, 0.5) is 5.69 Å². The van der Waals surface area contributed by atoms with Gasteiger partial charge < -0.3 is 10.3 Å². The SMILES string of the molecule is Cc1noc(C)c1S(=O)(=O)Nc1cc(Cl)ccc1C(N)=S. The summed E-state index contributed by atoms with van der Waals surface area (Å²) < 4.78 is 32.2. The van der Waals surface area contributed by atoms with Gasteiger partial charge in [-0.2, -0.15) is 0 Å². The second-order valence-electron chi connectivity index (χ2n) is 4.31. The van der Waals surface area contributed by atoms with Gasteiger partial charge >= 0.3 is 0 Å². The lowest BCUT2D eigenvalue weighted by molar-refractivity contribution is 0.390. The third kappa shape index (κ3) is 3.17. The van der Waals surface area contributed by atoms with Crippen molar-refractivity contribution in [2.45, 2.75) is 18.7 Å². The zero-order valence-electron chi connectivity index (χ0n) is 11.2. The van der Waals surface area contributed by atoms with E-state index in [9.17, 15) is 8.42 Å². The Morgan fingerprint density at radius 1 is 1.43 bits per heavy atom. The quantitative estimate of drug-likeness (QED) is 0.825. The maximum Gasteiger partial charge on any atom is 0.267 e. The zero-order chi connectivity index (χ0) is 15.8. The van der Waals surface area contributed by atoms with Crippen LogP contribution in [0, 0.1) is 13.8 Å². The molecule has 0 amide bonds. The normalized spacial score (nSPS) is 11.4. The van der Waals surface area contributed by atoms with Gasteiger partial charge in [-0.1, -0.05) is 29.0 Å². The van der Waals surface area contributed by atoms with Gasteiger partial charge in [0.1, 0.15) is 10.7 Å². The Morgan fingerprint density at radius 2 is 2.10 bits per heavy atom. The van der Waals surface area contributed by atoms with E-state index in [2.05, 4.69) is 9.88 Å². The number of halogens is 1. The molecule has 0 bridgehead atoms. The Kier molecular flexibility index (Phi) is 4.22.